The smallest absolute Gasteiger partial charge is 0.475 e. The summed E-state index contributed by atoms with van der Waals surface area (Å²) in [6.45, 7) is 15.4. The number of nitrogens with zero attached hydrogens (tertiary/aromatic N) is 1. The van der Waals surface area contributed by atoms with Crippen molar-refractivity contribution in [2.45, 2.75) is 111 Å². The van der Waals surface area contributed by atoms with Crippen molar-refractivity contribution in [1.29, 1.82) is 0 Å². The van der Waals surface area contributed by atoms with Gasteiger partial charge in [-0.2, -0.15) is 13.2 Å². The molecule has 1 aromatic rings. The van der Waals surface area contributed by atoms with Gasteiger partial charge in [-0.05, 0) is 64.1 Å². The van der Waals surface area contributed by atoms with E-state index < -0.39 is 60.1 Å². The number of carbonyl (C=O) groups excluding carboxylic acids is 5. The Balaban J connectivity index is 0.00000335. The zero-order chi connectivity index (χ0) is 40.3. The van der Waals surface area contributed by atoms with Gasteiger partial charge in [0.15, 0.2) is 0 Å². The normalized spacial score (nSPS) is 14.5. The molecule has 52 heavy (non-hydrogen) atoms. The van der Waals surface area contributed by atoms with E-state index in [0.29, 0.717) is 19.4 Å². The third-order valence-corrected chi connectivity index (χ3v) is 7.35. The van der Waals surface area contributed by atoms with Crippen molar-refractivity contribution in [1.82, 2.24) is 31.5 Å². The number of rotatable bonds is 18. The van der Waals surface area contributed by atoms with Crippen LogP contribution in [0.15, 0.2) is 42.5 Å². The molecule has 0 heterocycles. The summed E-state index contributed by atoms with van der Waals surface area (Å²) < 4.78 is 31.7. The van der Waals surface area contributed by atoms with Crippen LogP contribution in [0.25, 0.3) is 0 Å². The van der Waals surface area contributed by atoms with Crippen molar-refractivity contribution in [3.8, 4) is 0 Å². The van der Waals surface area contributed by atoms with Gasteiger partial charge >= 0.3 is 12.1 Å². The van der Waals surface area contributed by atoms with Crippen molar-refractivity contribution in [2.24, 2.45) is 17.8 Å². The van der Waals surface area contributed by atoms with Crippen LogP contribution >= 0.6 is 0 Å². The van der Waals surface area contributed by atoms with Gasteiger partial charge in [0.05, 0.1) is 6.04 Å². The fourth-order valence-corrected chi connectivity index (χ4v) is 4.94. The van der Waals surface area contributed by atoms with Crippen LogP contribution in [-0.2, 0) is 35.3 Å². The highest BCUT2D eigenvalue weighted by atomic mass is 19.4. The first kappa shape index (κ1) is 47.5. The van der Waals surface area contributed by atoms with Gasteiger partial charge in [0.1, 0.15) is 18.1 Å². The van der Waals surface area contributed by atoms with Crippen molar-refractivity contribution in [2.75, 3.05) is 14.1 Å². The number of hydrogen-bond donors (Lipinski definition) is 6. The van der Waals surface area contributed by atoms with E-state index in [1.54, 1.807) is 13.8 Å². The zero-order valence-corrected chi connectivity index (χ0v) is 31.8. The lowest BCUT2D eigenvalue weighted by atomic mass is 9.98. The molecule has 13 nitrogen and oxygen atoms in total. The van der Waals surface area contributed by atoms with Crippen LogP contribution in [0.2, 0.25) is 0 Å². The molecule has 0 fully saturated rings. The van der Waals surface area contributed by atoms with Gasteiger partial charge in [-0.1, -0.05) is 78.0 Å². The molecule has 294 valence electrons. The Morgan fingerprint density at radius 3 is 1.62 bits per heavy atom. The first-order valence-corrected chi connectivity index (χ1v) is 17.1. The van der Waals surface area contributed by atoms with Gasteiger partial charge < -0.3 is 31.7 Å². The number of amides is 5. The maximum atomic E-state index is 13.4. The van der Waals surface area contributed by atoms with Gasteiger partial charge in [-0.15, -0.1) is 0 Å². The van der Waals surface area contributed by atoms with Gasteiger partial charge in [-0.25, -0.2) is 4.79 Å². The van der Waals surface area contributed by atoms with Gasteiger partial charge in [0.25, 0.3) is 0 Å². The second-order valence-electron chi connectivity index (χ2n) is 13.9. The monoisotopic (exact) mass is 742 g/mol. The molecule has 0 aliphatic carbocycles. The average Bonchev–Trinajstić information content (AvgIpc) is 3.01. The molecule has 0 aliphatic rings. The van der Waals surface area contributed by atoms with Crippen LogP contribution in [0.1, 0.15) is 73.8 Å². The van der Waals surface area contributed by atoms with E-state index in [9.17, 15) is 37.1 Å². The highest BCUT2D eigenvalue weighted by molar-refractivity contribution is 5.94. The maximum absolute atomic E-state index is 13.4. The Bertz CT molecular complexity index is 1330. The number of benzene rings is 1. The van der Waals surface area contributed by atoms with Gasteiger partial charge in [0.2, 0.25) is 29.5 Å². The minimum atomic E-state index is -5.08. The number of aliphatic carboxylic acids is 1. The Labute approximate surface area is 304 Å². The molecule has 1 aromatic carbocycles. The van der Waals surface area contributed by atoms with E-state index in [2.05, 4.69) is 26.6 Å². The molecule has 0 spiro atoms. The Morgan fingerprint density at radius 1 is 0.731 bits per heavy atom. The molecule has 1 rings (SSSR count). The van der Waals surface area contributed by atoms with Crippen LogP contribution in [-0.4, -0.2) is 96.0 Å². The molecule has 16 heteroatoms. The fraction of sp³-hybridized carbons (Fsp3) is 0.611. The molecule has 0 bridgehead atoms. The molecule has 0 saturated carbocycles. The number of nitrogens with one attached hydrogen (secondary N) is 5. The average molecular weight is 743 g/mol. The topological polar surface area (TPSA) is 186 Å². The van der Waals surface area contributed by atoms with Crippen molar-refractivity contribution in [3.05, 3.63) is 48.0 Å². The van der Waals surface area contributed by atoms with E-state index in [-0.39, 0.29) is 29.6 Å². The standard InChI is InChI=1S/C34H56N6O5.C2HF3O2/c1-21(2)18-27(38-33(44)28(19-22(3)4)39-34(45)30(23(5)6)40(9)10)32(43)36-24(7)16-17-29(41)37-25(8)31(42)35-20-26-14-12-11-13-15-26;3-2(4,5)1(6)7/h11-17,21-25,27-28,30H,18-20H2,1-10H3,(H,35,42)(H,36,43)(H,37,41)(H,38,44)(H,39,45);(H,6,7)/b17-16+;/t24-,25-,27-,28-,30+;/m0./s1. The number of carbonyl (C=O) groups is 6. The Kier molecular flexibility index (Phi) is 21.2. The maximum Gasteiger partial charge on any atom is 0.490 e. The highest BCUT2D eigenvalue weighted by Gasteiger charge is 2.38. The Hall–Kier alpha value is -4.47. The summed E-state index contributed by atoms with van der Waals surface area (Å²) in [5.41, 5.74) is 0.949. The SMILES string of the molecule is CC(C)C[C@H](NC(=O)[C@H](CC(C)C)NC(=O)[C@@H](C(C)C)N(C)C)C(=O)N[C@@H](C)/C=C/C(=O)N[C@@H](C)C(=O)NCc1ccccc1.O=C(O)C(F)(F)F. The number of likely N-dealkylation sites (N-methyl/N-ethyl adjacent to an activating group) is 1. The molecular formula is C36H57F3N6O7. The zero-order valence-electron chi connectivity index (χ0n) is 31.8. The van der Waals surface area contributed by atoms with Crippen molar-refractivity contribution < 1.29 is 47.0 Å². The third-order valence-electron chi connectivity index (χ3n) is 7.35. The summed E-state index contributed by atoms with van der Waals surface area (Å²) in [5, 5.41) is 21.1. The first-order valence-electron chi connectivity index (χ1n) is 17.1. The molecule has 0 radical (unpaired) electrons. The summed E-state index contributed by atoms with van der Waals surface area (Å²) in [6, 6.07) is 6.13. The number of alkyl halides is 3. The minimum absolute atomic E-state index is 0.0406. The second-order valence-corrected chi connectivity index (χ2v) is 13.9. The summed E-state index contributed by atoms with van der Waals surface area (Å²) in [7, 11) is 3.66. The van der Waals surface area contributed by atoms with Crippen LogP contribution < -0.4 is 26.6 Å². The van der Waals surface area contributed by atoms with Crippen molar-refractivity contribution >= 4 is 35.5 Å². The quantitative estimate of drug-likeness (QED) is 0.124. The van der Waals surface area contributed by atoms with E-state index in [1.807, 2.05) is 90.9 Å². The van der Waals surface area contributed by atoms with E-state index in [1.165, 1.54) is 12.2 Å². The lowest BCUT2D eigenvalue weighted by Crippen LogP contribution is -2.57. The van der Waals surface area contributed by atoms with Crippen LogP contribution in [0, 0.1) is 17.8 Å². The summed E-state index contributed by atoms with van der Waals surface area (Å²) in [4.78, 5) is 75.4. The number of carboxylic acids is 1. The molecule has 0 unspecified atom stereocenters. The molecule has 6 N–H and O–H groups in total. The van der Waals surface area contributed by atoms with Crippen LogP contribution in [0.4, 0.5) is 13.2 Å². The van der Waals surface area contributed by atoms with Gasteiger partial charge in [0, 0.05) is 18.7 Å². The van der Waals surface area contributed by atoms with E-state index in [0.717, 1.165) is 5.56 Å². The predicted molar refractivity (Wildman–Crippen MR) is 191 cm³/mol. The molecule has 0 aliphatic heterocycles. The van der Waals surface area contributed by atoms with Crippen LogP contribution in [0.3, 0.4) is 0 Å². The lowest BCUT2D eigenvalue weighted by molar-refractivity contribution is -0.192. The molecule has 5 amide bonds. The fourth-order valence-electron chi connectivity index (χ4n) is 4.94. The number of carboxylic acid groups (broad SMARTS) is 1. The molecule has 0 aromatic heterocycles. The largest absolute Gasteiger partial charge is 0.490 e. The highest BCUT2D eigenvalue weighted by Crippen LogP contribution is 2.14. The molecule has 5 atom stereocenters. The number of halogens is 3. The summed E-state index contributed by atoms with van der Waals surface area (Å²) in [6.07, 6.45) is -1.49. The first-order chi connectivity index (χ1) is 24.0. The second kappa shape index (κ2) is 23.2. The lowest BCUT2D eigenvalue weighted by Gasteiger charge is -2.30. The van der Waals surface area contributed by atoms with Crippen LogP contribution in [0.5, 0.6) is 0 Å². The predicted octanol–water partition coefficient (Wildman–Crippen LogP) is 3.15. The van der Waals surface area contributed by atoms with Gasteiger partial charge in [-0.3, -0.25) is 28.9 Å². The minimum Gasteiger partial charge on any atom is -0.475 e. The van der Waals surface area contributed by atoms with Crippen molar-refractivity contribution in [3.63, 3.8) is 0 Å². The summed E-state index contributed by atoms with van der Waals surface area (Å²) in [5.74, 6) is -4.33. The summed E-state index contributed by atoms with van der Waals surface area (Å²) >= 11 is 0. The third kappa shape index (κ3) is 19.8. The number of hydrogen-bond acceptors (Lipinski definition) is 7. The Morgan fingerprint density at radius 2 is 1.19 bits per heavy atom. The molecular weight excluding hydrogens is 685 g/mol. The van der Waals surface area contributed by atoms with E-state index >= 15 is 0 Å². The molecule has 0 saturated heterocycles. The van der Waals surface area contributed by atoms with E-state index in [4.69, 9.17) is 9.90 Å².